The Kier molecular flexibility index (Phi) is 3.07. The van der Waals surface area contributed by atoms with Crippen molar-refractivity contribution in [2.24, 2.45) is 5.41 Å². The van der Waals surface area contributed by atoms with E-state index < -0.39 is 0 Å². The molecule has 23 heavy (non-hydrogen) atoms. The lowest BCUT2D eigenvalue weighted by atomic mass is 10.1. The number of nitrogens with zero attached hydrogens (tertiary/aromatic N) is 5. The highest BCUT2D eigenvalue weighted by atomic mass is 16.1. The first-order valence-corrected chi connectivity index (χ1v) is 7.88. The van der Waals surface area contributed by atoms with E-state index in [0.29, 0.717) is 17.6 Å². The molecule has 4 rings (SSSR count). The molecule has 1 aliphatic rings. The van der Waals surface area contributed by atoms with Crippen LogP contribution < -0.4 is 5.56 Å². The maximum atomic E-state index is 12.6. The molecular formula is C17H19N5O. The Labute approximate surface area is 133 Å². The van der Waals surface area contributed by atoms with Gasteiger partial charge in [0.1, 0.15) is 0 Å². The van der Waals surface area contributed by atoms with E-state index in [4.69, 9.17) is 0 Å². The summed E-state index contributed by atoms with van der Waals surface area (Å²) in [5.74, 6) is 0. The summed E-state index contributed by atoms with van der Waals surface area (Å²) in [5, 5.41) is 4.55. The molecule has 0 atom stereocenters. The van der Waals surface area contributed by atoms with Crippen LogP contribution in [0, 0.1) is 19.3 Å². The zero-order chi connectivity index (χ0) is 16.0. The van der Waals surface area contributed by atoms with Gasteiger partial charge in [-0.25, -0.2) is 9.97 Å². The summed E-state index contributed by atoms with van der Waals surface area (Å²) in [6, 6.07) is 5.70. The quantitative estimate of drug-likeness (QED) is 0.740. The predicted octanol–water partition coefficient (Wildman–Crippen LogP) is 2.09. The number of aromatic nitrogens is 5. The minimum atomic E-state index is -0.0600. The van der Waals surface area contributed by atoms with Crippen LogP contribution in [-0.4, -0.2) is 24.3 Å². The first kappa shape index (κ1) is 14.1. The Balaban J connectivity index is 1.64. The Morgan fingerprint density at radius 3 is 2.74 bits per heavy atom. The second-order valence-corrected chi connectivity index (χ2v) is 6.63. The highest BCUT2D eigenvalue weighted by Crippen LogP contribution is 2.48. The number of aryl methyl sites for hydroxylation is 2. The monoisotopic (exact) mass is 309 g/mol. The van der Waals surface area contributed by atoms with Crippen molar-refractivity contribution in [3.8, 4) is 0 Å². The summed E-state index contributed by atoms with van der Waals surface area (Å²) in [4.78, 5) is 21.1. The van der Waals surface area contributed by atoms with Gasteiger partial charge in [-0.2, -0.15) is 5.10 Å². The first-order valence-electron chi connectivity index (χ1n) is 7.88. The molecule has 1 aliphatic carbocycles. The first-order chi connectivity index (χ1) is 11.1. The molecule has 0 bridgehead atoms. The summed E-state index contributed by atoms with van der Waals surface area (Å²) in [5.41, 5.74) is 3.34. The van der Waals surface area contributed by atoms with Crippen LogP contribution in [0.1, 0.15) is 24.2 Å². The summed E-state index contributed by atoms with van der Waals surface area (Å²) >= 11 is 0. The second-order valence-electron chi connectivity index (χ2n) is 6.63. The zero-order valence-corrected chi connectivity index (χ0v) is 13.4. The molecule has 0 aliphatic heterocycles. The molecule has 3 aromatic heterocycles. The minimum absolute atomic E-state index is 0.0600. The summed E-state index contributed by atoms with van der Waals surface area (Å²) in [7, 11) is 0. The molecule has 3 aromatic rings. The van der Waals surface area contributed by atoms with E-state index in [-0.39, 0.29) is 11.0 Å². The number of rotatable bonds is 4. The molecule has 0 radical (unpaired) electrons. The minimum Gasteiger partial charge on any atom is -0.297 e. The largest absolute Gasteiger partial charge is 0.297 e. The third-order valence-corrected chi connectivity index (χ3v) is 4.64. The number of pyridine rings is 1. The van der Waals surface area contributed by atoms with Crippen LogP contribution in [0.5, 0.6) is 0 Å². The molecule has 1 fully saturated rings. The van der Waals surface area contributed by atoms with Gasteiger partial charge in [0.15, 0.2) is 5.52 Å². The van der Waals surface area contributed by atoms with Gasteiger partial charge < -0.3 is 0 Å². The van der Waals surface area contributed by atoms with Gasteiger partial charge >= 0.3 is 0 Å². The SMILES string of the molecule is Cc1cc(C)n(CC2(Cn3cnc4cccnc4c3=O)CC2)n1. The molecule has 0 N–H and O–H groups in total. The van der Waals surface area contributed by atoms with Crippen molar-refractivity contribution < 1.29 is 0 Å². The molecular weight excluding hydrogens is 290 g/mol. The molecule has 0 unspecified atom stereocenters. The van der Waals surface area contributed by atoms with E-state index >= 15 is 0 Å². The topological polar surface area (TPSA) is 65.6 Å². The van der Waals surface area contributed by atoms with Crippen LogP contribution in [0.15, 0.2) is 35.5 Å². The fraction of sp³-hybridized carbons (Fsp3) is 0.412. The Morgan fingerprint density at radius 1 is 1.22 bits per heavy atom. The van der Waals surface area contributed by atoms with Crippen molar-refractivity contribution in [1.29, 1.82) is 0 Å². The third-order valence-electron chi connectivity index (χ3n) is 4.64. The van der Waals surface area contributed by atoms with Gasteiger partial charge in [-0.1, -0.05) is 0 Å². The van der Waals surface area contributed by atoms with Crippen LogP contribution >= 0.6 is 0 Å². The van der Waals surface area contributed by atoms with E-state index in [0.717, 1.165) is 25.1 Å². The van der Waals surface area contributed by atoms with Gasteiger partial charge in [-0.05, 0) is 44.9 Å². The van der Waals surface area contributed by atoms with E-state index in [1.165, 1.54) is 5.69 Å². The Hall–Kier alpha value is -2.50. The molecule has 118 valence electrons. The van der Waals surface area contributed by atoms with Crippen LogP contribution in [0.2, 0.25) is 0 Å². The summed E-state index contributed by atoms with van der Waals surface area (Å²) in [6.07, 6.45) is 5.50. The van der Waals surface area contributed by atoms with E-state index in [9.17, 15) is 4.79 Å². The van der Waals surface area contributed by atoms with Crippen molar-refractivity contribution in [3.63, 3.8) is 0 Å². The van der Waals surface area contributed by atoms with Crippen LogP contribution in [-0.2, 0) is 13.1 Å². The average molecular weight is 309 g/mol. The summed E-state index contributed by atoms with van der Waals surface area (Å²) < 4.78 is 3.76. The maximum Gasteiger partial charge on any atom is 0.279 e. The van der Waals surface area contributed by atoms with E-state index in [1.54, 1.807) is 23.2 Å². The normalized spacial score (nSPS) is 15.9. The highest BCUT2D eigenvalue weighted by molar-refractivity contribution is 5.71. The smallest absolute Gasteiger partial charge is 0.279 e. The number of fused-ring (bicyclic) bond motifs is 1. The van der Waals surface area contributed by atoms with Gasteiger partial charge in [-0.15, -0.1) is 0 Å². The Morgan fingerprint density at radius 2 is 2.04 bits per heavy atom. The predicted molar refractivity (Wildman–Crippen MR) is 87.2 cm³/mol. The fourth-order valence-corrected chi connectivity index (χ4v) is 3.16. The third kappa shape index (κ3) is 2.54. The van der Waals surface area contributed by atoms with Crippen LogP contribution in [0.25, 0.3) is 11.0 Å². The average Bonchev–Trinajstić information content (AvgIpc) is 3.21. The molecule has 1 saturated carbocycles. The van der Waals surface area contributed by atoms with Gasteiger partial charge in [-0.3, -0.25) is 14.0 Å². The lowest BCUT2D eigenvalue weighted by Crippen LogP contribution is -2.28. The second kappa shape index (κ2) is 5.01. The van der Waals surface area contributed by atoms with Crippen molar-refractivity contribution in [3.05, 3.63) is 52.5 Å². The number of hydrogen-bond acceptors (Lipinski definition) is 4. The molecule has 6 nitrogen and oxygen atoms in total. The lowest BCUT2D eigenvalue weighted by Gasteiger charge is -2.17. The van der Waals surface area contributed by atoms with Crippen LogP contribution in [0.3, 0.4) is 0 Å². The maximum absolute atomic E-state index is 12.6. The molecule has 0 amide bonds. The molecule has 0 saturated heterocycles. The van der Waals surface area contributed by atoms with Crippen molar-refractivity contribution in [2.75, 3.05) is 0 Å². The van der Waals surface area contributed by atoms with Crippen molar-refractivity contribution >= 4 is 11.0 Å². The number of hydrogen-bond donors (Lipinski definition) is 0. The van der Waals surface area contributed by atoms with Crippen molar-refractivity contribution in [2.45, 2.75) is 39.8 Å². The Bertz CT molecular complexity index is 936. The zero-order valence-electron chi connectivity index (χ0n) is 13.4. The molecule has 3 heterocycles. The van der Waals surface area contributed by atoms with Gasteiger partial charge in [0.2, 0.25) is 0 Å². The fourth-order valence-electron chi connectivity index (χ4n) is 3.16. The highest BCUT2D eigenvalue weighted by Gasteiger charge is 2.44. The summed E-state index contributed by atoms with van der Waals surface area (Å²) in [6.45, 7) is 5.60. The van der Waals surface area contributed by atoms with Crippen molar-refractivity contribution in [1.82, 2.24) is 24.3 Å². The van der Waals surface area contributed by atoms with Crippen LogP contribution in [0.4, 0.5) is 0 Å². The van der Waals surface area contributed by atoms with E-state index in [1.807, 2.05) is 13.0 Å². The van der Waals surface area contributed by atoms with Gasteiger partial charge in [0.25, 0.3) is 5.56 Å². The van der Waals surface area contributed by atoms with E-state index in [2.05, 4.69) is 32.7 Å². The molecule has 0 spiro atoms. The van der Waals surface area contributed by atoms with Gasteiger partial charge in [0.05, 0.1) is 17.5 Å². The van der Waals surface area contributed by atoms with Gasteiger partial charge in [0, 0.05) is 30.4 Å². The molecule has 0 aromatic carbocycles. The standard InChI is InChI=1S/C17H19N5O/c1-12-8-13(2)22(20-12)10-17(5-6-17)9-21-11-19-14-4-3-7-18-15(14)16(21)23/h3-4,7-8,11H,5-6,9-10H2,1-2H3. The molecule has 6 heteroatoms. The lowest BCUT2D eigenvalue weighted by molar-refractivity contribution is 0.335.